The Morgan fingerprint density at radius 1 is 0.279 bits per heavy atom. The van der Waals surface area contributed by atoms with Crippen molar-refractivity contribution in [3.8, 4) is 22.3 Å². The summed E-state index contributed by atoms with van der Waals surface area (Å²) in [6, 6.07) is 52.9. The average Bonchev–Trinajstić information content (AvgIpc) is 3.47. The summed E-state index contributed by atoms with van der Waals surface area (Å²) in [6.45, 7) is 0. The van der Waals surface area contributed by atoms with Crippen molar-refractivity contribution < 1.29 is 4.42 Å². The summed E-state index contributed by atoms with van der Waals surface area (Å²) in [6.07, 6.45) is 0. The standard InChI is InChI=1S/C42H24O/c1-2-10-25(11-3-1)27-14-6-20-36-37-21-7-15-28(42(37)43-41(27)36)26-22-23-31-34-18-8-16-32-29-12-4-5-13-30(29)33-17-9-19-35(38(31)24-26)40(33)39(32)34/h1-24H. The van der Waals surface area contributed by atoms with E-state index in [1.54, 1.807) is 0 Å². The fourth-order valence-corrected chi connectivity index (χ4v) is 7.56. The Bertz CT molecular complexity index is 2710. The molecule has 1 heteroatoms. The van der Waals surface area contributed by atoms with Crippen molar-refractivity contribution in [3.63, 3.8) is 0 Å². The van der Waals surface area contributed by atoms with Gasteiger partial charge < -0.3 is 4.42 Å². The molecule has 0 N–H and O–H groups in total. The van der Waals surface area contributed by atoms with Crippen LogP contribution in [0.25, 0.3) is 98.1 Å². The van der Waals surface area contributed by atoms with Gasteiger partial charge in [-0.2, -0.15) is 0 Å². The minimum absolute atomic E-state index is 0.934. The molecule has 1 aromatic heterocycles. The first-order valence-electron chi connectivity index (χ1n) is 14.9. The van der Waals surface area contributed by atoms with Gasteiger partial charge in [0, 0.05) is 21.9 Å². The Hall–Kier alpha value is -5.66. The molecule has 0 bridgehead atoms. The van der Waals surface area contributed by atoms with Gasteiger partial charge in [-0.25, -0.2) is 0 Å². The zero-order valence-electron chi connectivity index (χ0n) is 23.3. The second-order valence-corrected chi connectivity index (χ2v) is 11.6. The molecule has 0 saturated carbocycles. The van der Waals surface area contributed by atoms with Crippen LogP contribution < -0.4 is 0 Å². The van der Waals surface area contributed by atoms with E-state index in [1.165, 1.54) is 53.9 Å². The maximum absolute atomic E-state index is 6.78. The zero-order chi connectivity index (χ0) is 28.1. The molecule has 1 heterocycles. The summed E-state index contributed by atoms with van der Waals surface area (Å²) in [5.41, 5.74) is 6.43. The second kappa shape index (κ2) is 8.44. The van der Waals surface area contributed by atoms with Crippen LogP contribution in [-0.4, -0.2) is 0 Å². The molecule has 10 rings (SSSR count). The Morgan fingerprint density at radius 2 is 0.721 bits per heavy atom. The fourth-order valence-electron chi connectivity index (χ4n) is 7.56. The smallest absolute Gasteiger partial charge is 0.143 e. The van der Waals surface area contributed by atoms with E-state index in [4.69, 9.17) is 4.42 Å². The third-order valence-corrected chi connectivity index (χ3v) is 9.41. The van der Waals surface area contributed by atoms with E-state index in [2.05, 4.69) is 146 Å². The topological polar surface area (TPSA) is 13.1 Å². The second-order valence-electron chi connectivity index (χ2n) is 11.6. The van der Waals surface area contributed by atoms with Gasteiger partial charge in [0.25, 0.3) is 0 Å². The van der Waals surface area contributed by atoms with Crippen LogP contribution in [-0.2, 0) is 0 Å². The largest absolute Gasteiger partial charge is 0.455 e. The highest BCUT2D eigenvalue weighted by Gasteiger charge is 2.19. The lowest BCUT2D eigenvalue weighted by Gasteiger charge is -2.18. The van der Waals surface area contributed by atoms with Gasteiger partial charge in [-0.05, 0) is 71.1 Å². The predicted octanol–water partition coefficient (Wildman–Crippen LogP) is 12.1. The molecule has 0 saturated heterocycles. The number of rotatable bonds is 2. The lowest BCUT2D eigenvalue weighted by molar-refractivity contribution is 0.671. The first kappa shape index (κ1) is 23.0. The Balaban J connectivity index is 1.30. The molecule has 1 nitrogen and oxygen atoms in total. The van der Waals surface area contributed by atoms with Crippen molar-refractivity contribution in [3.05, 3.63) is 146 Å². The molecule has 43 heavy (non-hydrogen) atoms. The van der Waals surface area contributed by atoms with Gasteiger partial charge in [-0.3, -0.25) is 0 Å². The van der Waals surface area contributed by atoms with E-state index in [9.17, 15) is 0 Å². The molecule has 10 aromatic rings. The van der Waals surface area contributed by atoms with Crippen LogP contribution in [0.4, 0.5) is 0 Å². The van der Waals surface area contributed by atoms with E-state index in [-0.39, 0.29) is 0 Å². The van der Waals surface area contributed by atoms with Gasteiger partial charge in [-0.1, -0.05) is 140 Å². The lowest BCUT2D eigenvalue weighted by atomic mass is 9.85. The number of hydrogen-bond donors (Lipinski definition) is 0. The monoisotopic (exact) mass is 544 g/mol. The normalized spacial score (nSPS) is 12.2. The van der Waals surface area contributed by atoms with E-state index < -0.39 is 0 Å². The maximum atomic E-state index is 6.78. The number of fused-ring (bicyclic) bond motifs is 9. The molecule has 198 valence electrons. The van der Waals surface area contributed by atoms with Crippen LogP contribution in [0.15, 0.2) is 150 Å². The van der Waals surface area contributed by atoms with Gasteiger partial charge >= 0.3 is 0 Å². The molecule has 0 unspecified atom stereocenters. The first-order chi connectivity index (χ1) is 21.3. The first-order valence-corrected chi connectivity index (χ1v) is 14.9. The van der Waals surface area contributed by atoms with Crippen molar-refractivity contribution in [2.75, 3.05) is 0 Å². The third-order valence-electron chi connectivity index (χ3n) is 9.41. The van der Waals surface area contributed by atoms with Crippen molar-refractivity contribution >= 4 is 75.8 Å². The summed E-state index contributed by atoms with van der Waals surface area (Å²) >= 11 is 0. The van der Waals surface area contributed by atoms with Crippen LogP contribution in [0.1, 0.15) is 0 Å². The predicted molar refractivity (Wildman–Crippen MR) is 183 cm³/mol. The zero-order valence-corrected chi connectivity index (χ0v) is 23.3. The lowest BCUT2D eigenvalue weighted by Crippen LogP contribution is -1.90. The quantitative estimate of drug-likeness (QED) is 0.156. The summed E-state index contributed by atoms with van der Waals surface area (Å²) in [5.74, 6) is 0. The highest BCUT2D eigenvalue weighted by molar-refractivity contribution is 6.40. The molecule has 0 radical (unpaired) electrons. The van der Waals surface area contributed by atoms with E-state index in [0.717, 1.165) is 44.2 Å². The molecule has 0 fully saturated rings. The summed E-state index contributed by atoms with van der Waals surface area (Å²) in [7, 11) is 0. The van der Waals surface area contributed by atoms with Crippen LogP contribution in [0.3, 0.4) is 0 Å². The molecular formula is C42H24O. The number of benzene rings is 9. The summed E-state index contributed by atoms with van der Waals surface area (Å²) in [4.78, 5) is 0. The van der Waals surface area contributed by atoms with Gasteiger partial charge in [-0.15, -0.1) is 0 Å². The molecule has 0 amide bonds. The highest BCUT2D eigenvalue weighted by Crippen LogP contribution is 2.46. The van der Waals surface area contributed by atoms with Gasteiger partial charge in [0.2, 0.25) is 0 Å². The Kier molecular flexibility index (Phi) is 4.51. The minimum atomic E-state index is 0.934. The molecule has 0 atom stereocenters. The minimum Gasteiger partial charge on any atom is -0.455 e. The van der Waals surface area contributed by atoms with Gasteiger partial charge in [0.05, 0.1) is 0 Å². The molecule has 9 aromatic carbocycles. The highest BCUT2D eigenvalue weighted by atomic mass is 16.3. The van der Waals surface area contributed by atoms with E-state index in [0.29, 0.717) is 0 Å². The Morgan fingerprint density at radius 3 is 1.33 bits per heavy atom. The van der Waals surface area contributed by atoms with E-state index >= 15 is 0 Å². The van der Waals surface area contributed by atoms with Crippen LogP contribution in [0.2, 0.25) is 0 Å². The SMILES string of the molecule is c1ccc(-c2cccc3c2oc2c(-c4ccc5c(c4)c4cccc6c7ccccc7c7cccc5c7c64)cccc23)cc1. The number of furan rings is 1. The van der Waals surface area contributed by atoms with Crippen LogP contribution >= 0.6 is 0 Å². The molecule has 0 aliphatic heterocycles. The molecule has 0 aliphatic carbocycles. The van der Waals surface area contributed by atoms with Crippen LogP contribution in [0, 0.1) is 0 Å². The molecule has 0 spiro atoms. The fraction of sp³-hybridized carbons (Fsp3) is 0. The van der Waals surface area contributed by atoms with Gasteiger partial charge in [0.1, 0.15) is 11.2 Å². The van der Waals surface area contributed by atoms with E-state index in [1.807, 2.05) is 0 Å². The summed E-state index contributed by atoms with van der Waals surface area (Å²) < 4.78 is 6.78. The van der Waals surface area contributed by atoms with Crippen molar-refractivity contribution in [1.82, 2.24) is 0 Å². The summed E-state index contributed by atoms with van der Waals surface area (Å²) in [5, 5.41) is 15.4. The Labute approximate surface area is 247 Å². The average molecular weight is 545 g/mol. The van der Waals surface area contributed by atoms with Crippen LogP contribution in [0.5, 0.6) is 0 Å². The third kappa shape index (κ3) is 3.06. The van der Waals surface area contributed by atoms with Crippen molar-refractivity contribution in [1.29, 1.82) is 0 Å². The molecular weight excluding hydrogens is 520 g/mol. The van der Waals surface area contributed by atoms with Crippen molar-refractivity contribution in [2.45, 2.75) is 0 Å². The number of hydrogen-bond acceptors (Lipinski definition) is 1. The molecule has 0 aliphatic rings. The maximum Gasteiger partial charge on any atom is 0.143 e. The number of para-hydroxylation sites is 2. The van der Waals surface area contributed by atoms with Crippen molar-refractivity contribution in [2.24, 2.45) is 0 Å². The van der Waals surface area contributed by atoms with Gasteiger partial charge in [0.15, 0.2) is 0 Å².